The van der Waals surface area contributed by atoms with E-state index in [2.05, 4.69) is 10.4 Å². The Bertz CT molecular complexity index is 1310. The summed E-state index contributed by atoms with van der Waals surface area (Å²) < 4.78 is 44.9. The summed E-state index contributed by atoms with van der Waals surface area (Å²) in [6.07, 6.45) is 2.32. The van der Waals surface area contributed by atoms with Crippen LogP contribution < -0.4 is 5.32 Å². The molecular formula is C23H25FN4O4S. The Hall–Kier alpha value is -2.85. The minimum atomic E-state index is -3.14. The number of pyridine rings is 1. The van der Waals surface area contributed by atoms with E-state index in [4.69, 9.17) is 9.72 Å². The molecule has 2 saturated heterocycles. The highest BCUT2D eigenvalue weighted by Crippen LogP contribution is 2.32. The molecule has 0 saturated carbocycles. The minimum absolute atomic E-state index is 0.00429. The predicted molar refractivity (Wildman–Crippen MR) is 121 cm³/mol. The zero-order valence-corrected chi connectivity index (χ0v) is 19.1. The van der Waals surface area contributed by atoms with Crippen molar-refractivity contribution in [1.29, 1.82) is 0 Å². The SMILES string of the molecule is Cc1nn([C@@H]2CCS(=O)(=O)C2)c2nc(-c3ccc(F)cc3)cc(C(=O)NC[C@@H]3CCCO3)c12. The average Bonchev–Trinajstić information content (AvgIpc) is 3.51. The number of hydrogen-bond acceptors (Lipinski definition) is 6. The molecule has 1 aromatic carbocycles. The lowest BCUT2D eigenvalue weighted by Crippen LogP contribution is -2.32. The molecule has 2 fully saturated rings. The van der Waals surface area contributed by atoms with E-state index in [1.165, 1.54) is 12.1 Å². The Morgan fingerprint density at radius 1 is 1.27 bits per heavy atom. The van der Waals surface area contributed by atoms with Crippen LogP contribution in [0.5, 0.6) is 0 Å². The third kappa shape index (κ3) is 4.37. The number of amides is 1. The quantitative estimate of drug-likeness (QED) is 0.613. The number of nitrogens with one attached hydrogen (secondary N) is 1. The van der Waals surface area contributed by atoms with Crippen molar-refractivity contribution < 1.29 is 22.3 Å². The molecule has 0 unspecified atom stereocenters. The Balaban J connectivity index is 1.60. The predicted octanol–water partition coefficient (Wildman–Crippen LogP) is 2.81. The van der Waals surface area contributed by atoms with Gasteiger partial charge < -0.3 is 10.1 Å². The summed E-state index contributed by atoms with van der Waals surface area (Å²) in [7, 11) is -3.14. The Morgan fingerprint density at radius 3 is 2.73 bits per heavy atom. The van der Waals surface area contributed by atoms with Gasteiger partial charge in [-0.15, -0.1) is 0 Å². The first-order chi connectivity index (χ1) is 15.8. The number of benzene rings is 1. The molecule has 3 aromatic rings. The van der Waals surface area contributed by atoms with Crippen LogP contribution in [0.1, 0.15) is 41.4 Å². The standard InChI is InChI=1S/C23H25FN4O4S/c1-14-21-19(23(29)25-12-18-3-2-9-32-18)11-20(15-4-6-16(24)7-5-15)26-22(21)28(27-14)17-8-10-33(30,31)13-17/h4-7,11,17-18H,2-3,8-10,12-13H2,1H3,(H,25,29)/t17-,18+/m1/s1. The van der Waals surface area contributed by atoms with Crippen molar-refractivity contribution in [2.75, 3.05) is 24.7 Å². The molecule has 2 atom stereocenters. The molecule has 10 heteroatoms. The minimum Gasteiger partial charge on any atom is -0.376 e. The molecule has 5 rings (SSSR count). The van der Waals surface area contributed by atoms with Crippen LogP contribution in [-0.4, -0.2) is 59.9 Å². The Labute approximate surface area is 191 Å². The fourth-order valence-electron chi connectivity index (χ4n) is 4.59. The van der Waals surface area contributed by atoms with Crippen molar-refractivity contribution in [3.63, 3.8) is 0 Å². The van der Waals surface area contributed by atoms with Gasteiger partial charge in [0.1, 0.15) is 5.82 Å². The number of fused-ring (bicyclic) bond motifs is 1. The van der Waals surface area contributed by atoms with E-state index in [0.717, 1.165) is 12.8 Å². The van der Waals surface area contributed by atoms with Crippen LogP contribution in [0.15, 0.2) is 30.3 Å². The van der Waals surface area contributed by atoms with Crippen LogP contribution in [0.4, 0.5) is 4.39 Å². The summed E-state index contributed by atoms with van der Waals surface area (Å²) in [5, 5.41) is 8.14. The van der Waals surface area contributed by atoms with Crippen molar-refractivity contribution in [2.24, 2.45) is 0 Å². The highest BCUT2D eigenvalue weighted by atomic mass is 32.2. The van der Waals surface area contributed by atoms with Crippen molar-refractivity contribution >= 4 is 26.8 Å². The van der Waals surface area contributed by atoms with Gasteiger partial charge >= 0.3 is 0 Å². The maximum absolute atomic E-state index is 13.5. The molecular weight excluding hydrogens is 447 g/mol. The first-order valence-corrected chi connectivity index (χ1v) is 12.9. The highest BCUT2D eigenvalue weighted by molar-refractivity contribution is 7.91. The van der Waals surface area contributed by atoms with E-state index >= 15 is 0 Å². The lowest BCUT2D eigenvalue weighted by atomic mass is 10.0. The third-order valence-corrected chi connectivity index (χ3v) is 8.04. The van der Waals surface area contributed by atoms with Crippen molar-refractivity contribution in [2.45, 2.75) is 38.3 Å². The van der Waals surface area contributed by atoms with E-state index < -0.39 is 9.84 Å². The van der Waals surface area contributed by atoms with Crippen molar-refractivity contribution in [3.8, 4) is 11.3 Å². The molecule has 174 valence electrons. The van der Waals surface area contributed by atoms with E-state index in [0.29, 0.717) is 53.1 Å². The van der Waals surface area contributed by atoms with Gasteiger partial charge in [0.2, 0.25) is 0 Å². The number of halogens is 1. The first kappa shape index (κ1) is 22.0. The molecule has 0 bridgehead atoms. The highest BCUT2D eigenvalue weighted by Gasteiger charge is 2.32. The van der Waals surface area contributed by atoms with Crippen LogP contribution in [0.3, 0.4) is 0 Å². The van der Waals surface area contributed by atoms with Crippen LogP contribution in [0.2, 0.25) is 0 Å². The number of carbonyl (C=O) groups is 1. The summed E-state index contributed by atoms with van der Waals surface area (Å²) in [6, 6.07) is 7.22. The normalized spacial score (nSPS) is 22.1. The number of ether oxygens (including phenoxy) is 1. The van der Waals surface area contributed by atoms with Gasteiger partial charge in [-0.25, -0.2) is 22.5 Å². The van der Waals surface area contributed by atoms with Crippen LogP contribution in [-0.2, 0) is 14.6 Å². The monoisotopic (exact) mass is 472 g/mol. The molecule has 33 heavy (non-hydrogen) atoms. The zero-order valence-electron chi connectivity index (χ0n) is 18.3. The number of aryl methyl sites for hydroxylation is 1. The van der Waals surface area contributed by atoms with E-state index in [-0.39, 0.29) is 35.4 Å². The van der Waals surface area contributed by atoms with Gasteiger partial charge in [0.15, 0.2) is 15.5 Å². The third-order valence-electron chi connectivity index (χ3n) is 6.29. The van der Waals surface area contributed by atoms with Crippen molar-refractivity contribution in [3.05, 3.63) is 47.4 Å². The number of sulfone groups is 1. The van der Waals surface area contributed by atoms with Gasteiger partial charge in [-0.3, -0.25) is 4.79 Å². The molecule has 0 spiro atoms. The number of aromatic nitrogens is 3. The van der Waals surface area contributed by atoms with Crippen LogP contribution >= 0.6 is 0 Å². The molecule has 1 N–H and O–H groups in total. The van der Waals surface area contributed by atoms with Crippen LogP contribution in [0, 0.1) is 12.7 Å². The fourth-order valence-corrected chi connectivity index (χ4v) is 6.28. The molecule has 2 aliphatic rings. The second-order valence-corrected chi connectivity index (χ2v) is 10.9. The summed E-state index contributed by atoms with van der Waals surface area (Å²) >= 11 is 0. The largest absolute Gasteiger partial charge is 0.376 e. The van der Waals surface area contributed by atoms with Gasteiger partial charge in [-0.2, -0.15) is 5.10 Å². The summed E-state index contributed by atoms with van der Waals surface area (Å²) in [5.41, 5.74) is 2.61. The van der Waals surface area contributed by atoms with Crippen molar-refractivity contribution in [1.82, 2.24) is 20.1 Å². The average molecular weight is 473 g/mol. The second kappa shape index (κ2) is 8.49. The van der Waals surface area contributed by atoms with Gasteiger partial charge in [0.05, 0.1) is 46.0 Å². The topological polar surface area (TPSA) is 103 Å². The summed E-state index contributed by atoms with van der Waals surface area (Å²) in [6.45, 7) is 2.89. The van der Waals surface area contributed by atoms with Gasteiger partial charge in [0, 0.05) is 18.7 Å². The maximum Gasteiger partial charge on any atom is 0.252 e. The second-order valence-electron chi connectivity index (χ2n) is 8.69. The van der Waals surface area contributed by atoms with Gasteiger partial charge in [-0.1, -0.05) is 0 Å². The molecule has 8 nitrogen and oxygen atoms in total. The zero-order chi connectivity index (χ0) is 23.2. The van der Waals surface area contributed by atoms with E-state index in [1.54, 1.807) is 29.8 Å². The molecule has 1 amide bonds. The summed E-state index contributed by atoms with van der Waals surface area (Å²) in [4.78, 5) is 18.0. The fraction of sp³-hybridized carbons (Fsp3) is 0.435. The Kier molecular flexibility index (Phi) is 5.65. The molecule has 0 radical (unpaired) electrons. The molecule has 2 aliphatic heterocycles. The van der Waals surface area contributed by atoms with Gasteiger partial charge in [-0.05, 0) is 56.5 Å². The number of nitrogens with zero attached hydrogens (tertiary/aromatic N) is 3. The number of carbonyl (C=O) groups excluding carboxylic acids is 1. The number of rotatable bonds is 5. The first-order valence-electron chi connectivity index (χ1n) is 11.1. The van der Waals surface area contributed by atoms with E-state index in [1.807, 2.05) is 0 Å². The smallest absolute Gasteiger partial charge is 0.252 e. The summed E-state index contributed by atoms with van der Waals surface area (Å²) in [5.74, 6) is -0.550. The molecule has 2 aromatic heterocycles. The maximum atomic E-state index is 13.5. The lowest BCUT2D eigenvalue weighted by molar-refractivity contribution is 0.0859. The van der Waals surface area contributed by atoms with Crippen LogP contribution in [0.25, 0.3) is 22.3 Å². The Morgan fingerprint density at radius 2 is 2.06 bits per heavy atom. The number of hydrogen-bond donors (Lipinski definition) is 1. The molecule has 0 aliphatic carbocycles. The van der Waals surface area contributed by atoms with E-state index in [9.17, 15) is 17.6 Å². The molecule has 4 heterocycles. The van der Waals surface area contributed by atoms with Gasteiger partial charge in [0.25, 0.3) is 5.91 Å². The lowest BCUT2D eigenvalue weighted by Gasteiger charge is -2.14.